The average molecular weight is 190 g/mol. The highest BCUT2D eigenvalue weighted by atomic mass is 16.5. The predicted octanol–water partition coefficient (Wildman–Crippen LogP) is 2.41. The Labute approximate surface area is 84.3 Å². The smallest absolute Gasteiger partial charge is 0.174 e. The molecule has 3 heteroatoms. The number of nitrogens with one attached hydrogen (secondary N) is 1. The van der Waals surface area contributed by atoms with Crippen molar-refractivity contribution in [2.75, 3.05) is 18.5 Å². The number of hydrogen-bond acceptors (Lipinski definition) is 3. The van der Waals surface area contributed by atoms with Crippen LogP contribution in [-0.2, 0) is 0 Å². The van der Waals surface area contributed by atoms with Crippen LogP contribution >= 0.6 is 0 Å². The molecule has 0 saturated carbocycles. The largest absolute Gasteiger partial charge is 0.479 e. The summed E-state index contributed by atoms with van der Waals surface area (Å²) in [6.07, 6.45) is 1.09. The molecule has 1 aromatic rings. The van der Waals surface area contributed by atoms with Crippen molar-refractivity contribution >= 4 is 5.69 Å². The zero-order valence-electron chi connectivity index (χ0n) is 8.29. The van der Waals surface area contributed by atoms with Crippen LogP contribution in [0.3, 0.4) is 0 Å². The molecule has 74 valence electrons. The van der Waals surface area contributed by atoms with Crippen LogP contribution in [0.1, 0.15) is 13.3 Å². The molecule has 1 rings (SSSR count). The van der Waals surface area contributed by atoms with Crippen LogP contribution in [0, 0.1) is 11.3 Å². The van der Waals surface area contributed by atoms with Crippen LogP contribution in [0.4, 0.5) is 5.69 Å². The Morgan fingerprint density at radius 1 is 1.50 bits per heavy atom. The first-order chi connectivity index (χ1) is 6.86. The maximum Gasteiger partial charge on any atom is 0.174 e. The van der Waals surface area contributed by atoms with Crippen molar-refractivity contribution in [2.45, 2.75) is 13.3 Å². The lowest BCUT2D eigenvalue weighted by Crippen LogP contribution is -2.00. The molecule has 0 fully saturated rings. The zero-order chi connectivity index (χ0) is 10.2. The monoisotopic (exact) mass is 190 g/mol. The first kappa shape index (κ1) is 10.4. The maximum absolute atomic E-state index is 8.35. The summed E-state index contributed by atoms with van der Waals surface area (Å²) in [4.78, 5) is 0. The number of anilines is 1. The highest BCUT2D eigenvalue weighted by Gasteiger charge is 1.94. The summed E-state index contributed by atoms with van der Waals surface area (Å²) in [6, 6.07) is 9.56. The van der Waals surface area contributed by atoms with Gasteiger partial charge in [0.25, 0.3) is 0 Å². The van der Waals surface area contributed by atoms with Crippen molar-refractivity contribution in [3.05, 3.63) is 24.3 Å². The van der Waals surface area contributed by atoms with Crippen LogP contribution < -0.4 is 10.1 Å². The van der Waals surface area contributed by atoms with Crippen molar-refractivity contribution in [3.63, 3.8) is 0 Å². The molecule has 1 aromatic carbocycles. The van der Waals surface area contributed by atoms with Gasteiger partial charge in [-0.1, -0.05) is 13.0 Å². The molecular weight excluding hydrogens is 176 g/mol. The third-order valence-electron chi connectivity index (χ3n) is 1.72. The topological polar surface area (TPSA) is 45.0 Å². The van der Waals surface area contributed by atoms with Gasteiger partial charge in [0.2, 0.25) is 0 Å². The van der Waals surface area contributed by atoms with Crippen molar-refractivity contribution in [2.24, 2.45) is 0 Å². The van der Waals surface area contributed by atoms with E-state index in [1.165, 1.54) is 0 Å². The summed E-state index contributed by atoms with van der Waals surface area (Å²) < 4.78 is 5.17. The second-order valence-electron chi connectivity index (χ2n) is 2.90. The van der Waals surface area contributed by atoms with Crippen LogP contribution in [0.15, 0.2) is 24.3 Å². The normalized spacial score (nSPS) is 9.14. The van der Waals surface area contributed by atoms with E-state index in [1.807, 2.05) is 30.3 Å². The third-order valence-corrected chi connectivity index (χ3v) is 1.72. The number of nitriles is 1. The molecule has 0 aliphatic heterocycles. The number of rotatable bonds is 5. The van der Waals surface area contributed by atoms with E-state index in [0.717, 1.165) is 24.4 Å². The zero-order valence-corrected chi connectivity index (χ0v) is 8.29. The Morgan fingerprint density at radius 3 is 3.07 bits per heavy atom. The van der Waals surface area contributed by atoms with Crippen LogP contribution in [-0.4, -0.2) is 13.2 Å². The molecule has 1 N–H and O–H groups in total. The average Bonchev–Trinajstić information content (AvgIpc) is 2.24. The van der Waals surface area contributed by atoms with Crippen LogP contribution in [0.25, 0.3) is 0 Å². The summed E-state index contributed by atoms with van der Waals surface area (Å²) in [7, 11) is 0. The molecule has 0 unspecified atom stereocenters. The Bertz CT molecular complexity index is 317. The molecule has 0 aromatic heterocycles. The fourth-order valence-electron chi connectivity index (χ4n) is 1.08. The van der Waals surface area contributed by atoms with Crippen molar-refractivity contribution in [3.8, 4) is 11.8 Å². The van der Waals surface area contributed by atoms with Gasteiger partial charge in [0.15, 0.2) is 6.61 Å². The van der Waals surface area contributed by atoms with Gasteiger partial charge in [-0.15, -0.1) is 0 Å². The number of benzene rings is 1. The summed E-state index contributed by atoms with van der Waals surface area (Å²) in [5.74, 6) is 0.729. The summed E-state index contributed by atoms with van der Waals surface area (Å²) in [5, 5.41) is 11.6. The molecule has 0 aliphatic carbocycles. The highest BCUT2D eigenvalue weighted by molar-refractivity contribution is 5.48. The lowest BCUT2D eigenvalue weighted by Gasteiger charge is -2.06. The fourth-order valence-corrected chi connectivity index (χ4v) is 1.08. The molecule has 0 bridgehead atoms. The molecule has 0 amide bonds. The minimum absolute atomic E-state index is 0.0945. The van der Waals surface area contributed by atoms with Gasteiger partial charge in [-0.3, -0.25) is 0 Å². The van der Waals surface area contributed by atoms with Gasteiger partial charge in [0, 0.05) is 18.3 Å². The number of hydrogen-bond donors (Lipinski definition) is 1. The summed E-state index contributed by atoms with van der Waals surface area (Å²) in [5.41, 5.74) is 1.03. The predicted molar refractivity (Wildman–Crippen MR) is 56.3 cm³/mol. The van der Waals surface area contributed by atoms with E-state index in [-0.39, 0.29) is 6.61 Å². The SMILES string of the molecule is CCCNc1cccc(OCC#N)c1. The van der Waals surface area contributed by atoms with E-state index in [4.69, 9.17) is 10.00 Å². The minimum atomic E-state index is 0.0945. The van der Waals surface area contributed by atoms with E-state index >= 15 is 0 Å². The first-order valence-corrected chi connectivity index (χ1v) is 4.70. The molecule has 0 heterocycles. The third kappa shape index (κ3) is 3.36. The van der Waals surface area contributed by atoms with E-state index in [9.17, 15) is 0 Å². The quantitative estimate of drug-likeness (QED) is 0.775. The van der Waals surface area contributed by atoms with Gasteiger partial charge in [0.05, 0.1) is 0 Å². The first-order valence-electron chi connectivity index (χ1n) is 4.70. The Kier molecular flexibility index (Phi) is 4.36. The van der Waals surface area contributed by atoms with Crippen molar-refractivity contribution in [1.82, 2.24) is 0 Å². The van der Waals surface area contributed by atoms with E-state index in [1.54, 1.807) is 0 Å². The van der Waals surface area contributed by atoms with E-state index in [0.29, 0.717) is 0 Å². The summed E-state index contributed by atoms with van der Waals surface area (Å²) >= 11 is 0. The van der Waals surface area contributed by atoms with Gasteiger partial charge in [-0.05, 0) is 18.6 Å². The standard InChI is InChI=1S/C11H14N2O/c1-2-7-13-10-4-3-5-11(9-10)14-8-6-12/h3-5,9,13H,2,7-8H2,1H3. The highest BCUT2D eigenvalue weighted by Crippen LogP contribution is 2.16. The van der Waals surface area contributed by atoms with Crippen LogP contribution in [0.5, 0.6) is 5.75 Å². The lowest BCUT2D eigenvalue weighted by atomic mass is 10.3. The van der Waals surface area contributed by atoms with Gasteiger partial charge in [-0.25, -0.2) is 0 Å². The van der Waals surface area contributed by atoms with Crippen molar-refractivity contribution in [1.29, 1.82) is 5.26 Å². The lowest BCUT2D eigenvalue weighted by molar-refractivity contribution is 0.368. The molecule has 0 aliphatic rings. The molecule has 0 saturated heterocycles. The second kappa shape index (κ2) is 5.87. The second-order valence-corrected chi connectivity index (χ2v) is 2.90. The minimum Gasteiger partial charge on any atom is -0.479 e. The maximum atomic E-state index is 8.35. The van der Waals surface area contributed by atoms with E-state index < -0.39 is 0 Å². The molecule has 0 atom stereocenters. The Morgan fingerprint density at radius 2 is 2.36 bits per heavy atom. The summed E-state index contributed by atoms with van der Waals surface area (Å²) in [6.45, 7) is 3.15. The number of ether oxygens (including phenoxy) is 1. The Hall–Kier alpha value is -1.69. The molecule has 0 spiro atoms. The molecule has 14 heavy (non-hydrogen) atoms. The van der Waals surface area contributed by atoms with Gasteiger partial charge >= 0.3 is 0 Å². The van der Waals surface area contributed by atoms with Crippen molar-refractivity contribution < 1.29 is 4.74 Å². The molecule has 3 nitrogen and oxygen atoms in total. The fraction of sp³-hybridized carbons (Fsp3) is 0.364. The van der Waals surface area contributed by atoms with Gasteiger partial charge in [0.1, 0.15) is 11.8 Å². The van der Waals surface area contributed by atoms with Gasteiger partial charge < -0.3 is 10.1 Å². The van der Waals surface area contributed by atoms with E-state index in [2.05, 4.69) is 12.2 Å². The Balaban J connectivity index is 2.55. The van der Waals surface area contributed by atoms with Gasteiger partial charge in [-0.2, -0.15) is 5.26 Å². The molecular formula is C11H14N2O. The molecule has 0 radical (unpaired) electrons. The number of nitrogens with zero attached hydrogens (tertiary/aromatic N) is 1. The van der Waals surface area contributed by atoms with Crippen LogP contribution in [0.2, 0.25) is 0 Å².